The molecule has 0 atom stereocenters. The van der Waals surface area contributed by atoms with Crippen LogP contribution in [0, 0.1) is 0 Å². The molecular formula is C21H21N3O4. The minimum absolute atomic E-state index is 0.173. The van der Waals surface area contributed by atoms with Crippen LogP contribution in [-0.4, -0.2) is 29.6 Å². The standard InChI is InChI=1S/C21H21N3O4/c1-3-18-17(12-23-24(18)15-7-9-16(26-2)10-8-15)21(25)22-11-14-5-4-6-19-20(14)28-13-27-19/h4-10,12H,3,11,13H2,1-2H3,(H,22,25). The molecule has 3 aromatic rings. The van der Waals surface area contributed by atoms with Crippen LogP contribution in [0.25, 0.3) is 5.69 Å². The van der Waals surface area contributed by atoms with Crippen molar-refractivity contribution in [2.45, 2.75) is 19.9 Å². The number of methoxy groups -OCH3 is 1. The fourth-order valence-electron chi connectivity index (χ4n) is 3.25. The molecule has 0 saturated carbocycles. The van der Waals surface area contributed by atoms with Gasteiger partial charge in [-0.15, -0.1) is 0 Å². The predicted molar refractivity (Wildman–Crippen MR) is 103 cm³/mol. The van der Waals surface area contributed by atoms with E-state index < -0.39 is 0 Å². The largest absolute Gasteiger partial charge is 0.497 e. The first-order valence-electron chi connectivity index (χ1n) is 9.08. The van der Waals surface area contributed by atoms with Crippen molar-refractivity contribution in [1.29, 1.82) is 0 Å². The zero-order valence-electron chi connectivity index (χ0n) is 15.8. The maximum atomic E-state index is 12.8. The lowest BCUT2D eigenvalue weighted by molar-refractivity contribution is 0.0949. The normalized spacial score (nSPS) is 12.1. The number of amides is 1. The Morgan fingerprint density at radius 2 is 2.04 bits per heavy atom. The van der Waals surface area contributed by atoms with E-state index in [0.717, 1.165) is 22.7 Å². The molecule has 1 aliphatic heterocycles. The number of carbonyl (C=O) groups is 1. The monoisotopic (exact) mass is 379 g/mol. The molecule has 7 heteroatoms. The molecule has 0 bridgehead atoms. The summed E-state index contributed by atoms with van der Waals surface area (Å²) in [6.45, 7) is 2.56. The number of hydrogen-bond donors (Lipinski definition) is 1. The zero-order valence-corrected chi connectivity index (χ0v) is 15.8. The van der Waals surface area contributed by atoms with Crippen molar-refractivity contribution < 1.29 is 19.0 Å². The first-order chi connectivity index (χ1) is 13.7. The summed E-state index contributed by atoms with van der Waals surface area (Å²) in [4.78, 5) is 12.8. The molecule has 0 unspecified atom stereocenters. The van der Waals surface area contributed by atoms with Crippen molar-refractivity contribution in [3.63, 3.8) is 0 Å². The maximum Gasteiger partial charge on any atom is 0.255 e. The highest BCUT2D eigenvalue weighted by Gasteiger charge is 2.20. The van der Waals surface area contributed by atoms with Crippen LogP contribution in [-0.2, 0) is 13.0 Å². The molecule has 4 rings (SSSR count). The van der Waals surface area contributed by atoms with Crippen LogP contribution in [0.1, 0.15) is 28.5 Å². The molecule has 28 heavy (non-hydrogen) atoms. The van der Waals surface area contributed by atoms with Crippen LogP contribution >= 0.6 is 0 Å². The third kappa shape index (κ3) is 3.26. The predicted octanol–water partition coefficient (Wildman–Crippen LogP) is 3.10. The van der Waals surface area contributed by atoms with Gasteiger partial charge in [-0.1, -0.05) is 19.1 Å². The van der Waals surface area contributed by atoms with Gasteiger partial charge in [-0.05, 0) is 36.8 Å². The quantitative estimate of drug-likeness (QED) is 0.712. The van der Waals surface area contributed by atoms with E-state index in [1.165, 1.54) is 0 Å². The molecule has 0 aliphatic carbocycles. The molecule has 0 radical (unpaired) electrons. The van der Waals surface area contributed by atoms with E-state index in [2.05, 4.69) is 10.4 Å². The van der Waals surface area contributed by atoms with Crippen molar-refractivity contribution in [1.82, 2.24) is 15.1 Å². The van der Waals surface area contributed by atoms with Gasteiger partial charge >= 0.3 is 0 Å². The Morgan fingerprint density at radius 1 is 1.21 bits per heavy atom. The average Bonchev–Trinajstić information content (AvgIpc) is 3.39. The Labute approximate surface area is 162 Å². The first-order valence-corrected chi connectivity index (χ1v) is 9.08. The van der Waals surface area contributed by atoms with Crippen molar-refractivity contribution in [2.24, 2.45) is 0 Å². The van der Waals surface area contributed by atoms with Crippen LogP contribution in [0.5, 0.6) is 17.2 Å². The Balaban J connectivity index is 1.53. The molecule has 2 heterocycles. The van der Waals surface area contributed by atoms with E-state index in [1.54, 1.807) is 18.0 Å². The Kier molecular flexibility index (Phi) is 4.89. The van der Waals surface area contributed by atoms with Crippen molar-refractivity contribution in [3.8, 4) is 22.9 Å². The third-order valence-corrected chi connectivity index (χ3v) is 4.68. The van der Waals surface area contributed by atoms with Crippen LogP contribution in [0.3, 0.4) is 0 Å². The number of benzene rings is 2. The number of carbonyl (C=O) groups excluding carboxylic acids is 1. The summed E-state index contributed by atoms with van der Waals surface area (Å²) in [5.74, 6) is 1.99. The van der Waals surface area contributed by atoms with E-state index in [0.29, 0.717) is 30.0 Å². The molecule has 144 valence electrons. The molecule has 0 saturated heterocycles. The zero-order chi connectivity index (χ0) is 19.5. The van der Waals surface area contributed by atoms with Gasteiger partial charge in [0.05, 0.1) is 30.3 Å². The number of aromatic nitrogens is 2. The van der Waals surface area contributed by atoms with Gasteiger partial charge in [0.2, 0.25) is 6.79 Å². The summed E-state index contributed by atoms with van der Waals surface area (Å²) in [6, 6.07) is 13.2. The second-order valence-electron chi connectivity index (χ2n) is 6.30. The summed E-state index contributed by atoms with van der Waals surface area (Å²) in [7, 11) is 1.63. The van der Waals surface area contributed by atoms with E-state index in [4.69, 9.17) is 14.2 Å². The molecular weight excluding hydrogens is 358 g/mol. The van der Waals surface area contributed by atoms with Gasteiger partial charge in [0, 0.05) is 12.1 Å². The molecule has 1 N–H and O–H groups in total. The third-order valence-electron chi connectivity index (χ3n) is 4.68. The van der Waals surface area contributed by atoms with Gasteiger partial charge in [0.25, 0.3) is 5.91 Å². The average molecular weight is 379 g/mol. The maximum absolute atomic E-state index is 12.8. The van der Waals surface area contributed by atoms with Crippen LogP contribution in [0.15, 0.2) is 48.7 Å². The fourth-order valence-corrected chi connectivity index (χ4v) is 3.25. The molecule has 1 aromatic heterocycles. The number of nitrogens with zero attached hydrogens (tertiary/aromatic N) is 2. The highest BCUT2D eigenvalue weighted by Crippen LogP contribution is 2.35. The van der Waals surface area contributed by atoms with Gasteiger partial charge in [-0.2, -0.15) is 5.10 Å². The highest BCUT2D eigenvalue weighted by molar-refractivity contribution is 5.95. The van der Waals surface area contributed by atoms with E-state index in [9.17, 15) is 4.79 Å². The molecule has 7 nitrogen and oxygen atoms in total. The van der Waals surface area contributed by atoms with Crippen LogP contribution < -0.4 is 19.5 Å². The van der Waals surface area contributed by atoms with Gasteiger partial charge < -0.3 is 19.5 Å². The SMILES string of the molecule is CCc1c(C(=O)NCc2cccc3c2OCO3)cnn1-c1ccc(OC)cc1. The van der Waals surface area contributed by atoms with Gasteiger partial charge in [-0.3, -0.25) is 4.79 Å². The van der Waals surface area contributed by atoms with Gasteiger partial charge in [-0.25, -0.2) is 4.68 Å². The topological polar surface area (TPSA) is 74.6 Å². The second-order valence-corrected chi connectivity index (χ2v) is 6.30. The molecule has 1 amide bonds. The Morgan fingerprint density at radius 3 is 2.79 bits per heavy atom. The minimum Gasteiger partial charge on any atom is -0.497 e. The van der Waals surface area contributed by atoms with E-state index in [1.807, 2.05) is 49.4 Å². The Bertz CT molecular complexity index is 995. The van der Waals surface area contributed by atoms with E-state index in [-0.39, 0.29) is 12.7 Å². The van der Waals surface area contributed by atoms with Crippen molar-refractivity contribution in [2.75, 3.05) is 13.9 Å². The second kappa shape index (κ2) is 7.64. The molecule has 0 fully saturated rings. The lowest BCUT2D eigenvalue weighted by Gasteiger charge is -2.10. The number of para-hydroxylation sites is 1. The lowest BCUT2D eigenvalue weighted by atomic mass is 10.1. The summed E-state index contributed by atoms with van der Waals surface area (Å²) in [5.41, 5.74) is 3.16. The molecule has 2 aromatic carbocycles. The Hall–Kier alpha value is -3.48. The number of ether oxygens (including phenoxy) is 3. The minimum atomic E-state index is -0.173. The summed E-state index contributed by atoms with van der Waals surface area (Å²) >= 11 is 0. The number of fused-ring (bicyclic) bond motifs is 1. The fraction of sp³-hybridized carbons (Fsp3) is 0.238. The molecule has 0 spiro atoms. The van der Waals surface area contributed by atoms with Crippen LogP contribution in [0.4, 0.5) is 0 Å². The summed E-state index contributed by atoms with van der Waals surface area (Å²) < 4.78 is 17.9. The van der Waals surface area contributed by atoms with E-state index >= 15 is 0 Å². The number of hydrogen-bond acceptors (Lipinski definition) is 5. The smallest absolute Gasteiger partial charge is 0.255 e. The highest BCUT2D eigenvalue weighted by atomic mass is 16.7. The summed E-state index contributed by atoms with van der Waals surface area (Å²) in [6.07, 6.45) is 2.28. The number of nitrogens with one attached hydrogen (secondary N) is 1. The van der Waals surface area contributed by atoms with Crippen molar-refractivity contribution in [3.05, 3.63) is 65.5 Å². The van der Waals surface area contributed by atoms with Crippen LogP contribution in [0.2, 0.25) is 0 Å². The van der Waals surface area contributed by atoms with Gasteiger partial charge in [0.1, 0.15) is 5.75 Å². The lowest BCUT2D eigenvalue weighted by Crippen LogP contribution is -2.24. The van der Waals surface area contributed by atoms with Crippen molar-refractivity contribution >= 4 is 5.91 Å². The molecule has 1 aliphatic rings. The number of rotatable bonds is 6. The summed E-state index contributed by atoms with van der Waals surface area (Å²) in [5, 5.41) is 7.37. The first kappa shape index (κ1) is 17.9. The van der Waals surface area contributed by atoms with Gasteiger partial charge in [0.15, 0.2) is 11.5 Å².